The number of para-hydroxylation sites is 2. The van der Waals surface area contributed by atoms with Crippen molar-refractivity contribution in [2.24, 2.45) is 34.7 Å². The molecule has 240 valence electrons. The molecule has 4 N–H and O–H groups in total. The van der Waals surface area contributed by atoms with Crippen LogP contribution in [-0.4, -0.2) is 43.0 Å². The van der Waals surface area contributed by atoms with E-state index in [0.717, 1.165) is 33.2 Å². The average Bonchev–Trinajstić information content (AvgIpc) is 3.79. The van der Waals surface area contributed by atoms with Crippen molar-refractivity contribution in [1.29, 1.82) is 0 Å². The number of thiazole rings is 1. The van der Waals surface area contributed by atoms with Crippen molar-refractivity contribution in [3.05, 3.63) is 99.0 Å². The number of hydrogen-bond donors (Lipinski definition) is 3. The van der Waals surface area contributed by atoms with E-state index in [-0.39, 0.29) is 57.1 Å². The van der Waals surface area contributed by atoms with E-state index in [2.05, 4.69) is 10.3 Å². The highest BCUT2D eigenvalue weighted by Gasteiger charge is 2.69. The van der Waals surface area contributed by atoms with Crippen molar-refractivity contribution in [2.75, 3.05) is 16.8 Å². The number of anilines is 2. The van der Waals surface area contributed by atoms with Gasteiger partial charge in [-0.25, -0.2) is 13.6 Å². The Morgan fingerprint density at radius 2 is 1.62 bits per heavy atom. The van der Waals surface area contributed by atoms with Gasteiger partial charge in [-0.2, -0.15) is 0 Å². The highest BCUT2D eigenvalue weighted by molar-refractivity contribution is 8.00. The third-order valence-corrected chi connectivity index (χ3v) is 13.3. The summed E-state index contributed by atoms with van der Waals surface area (Å²) in [7, 11) is -3.86. The number of sulfonamides is 1. The van der Waals surface area contributed by atoms with Crippen molar-refractivity contribution < 1.29 is 27.5 Å². The van der Waals surface area contributed by atoms with Crippen molar-refractivity contribution >= 4 is 62.2 Å². The number of carbonyl (C=O) groups is 3. The molecule has 0 unspecified atom stereocenters. The largest absolute Gasteiger partial charge is 0.483 e. The zero-order chi connectivity index (χ0) is 32.6. The fourth-order valence-corrected chi connectivity index (χ4v) is 11.5. The van der Waals surface area contributed by atoms with Gasteiger partial charge in [0, 0.05) is 27.3 Å². The number of carbonyl (C=O) groups excluding carboxylic acids is 3. The predicted octanol–water partition coefficient (Wildman–Crippen LogP) is 3.78. The van der Waals surface area contributed by atoms with E-state index in [0.29, 0.717) is 17.1 Å². The molecule has 2 aliphatic heterocycles. The van der Waals surface area contributed by atoms with E-state index in [1.54, 1.807) is 30.0 Å². The Hall–Kier alpha value is -4.24. The summed E-state index contributed by atoms with van der Waals surface area (Å²) in [6.07, 6.45) is 0.753. The monoisotopic (exact) mass is 688 g/mol. The molecule has 2 bridgehead atoms. The third kappa shape index (κ3) is 4.93. The molecule has 3 aromatic carbocycles. The maximum atomic E-state index is 14.0. The Balaban J connectivity index is 1.09. The predicted molar refractivity (Wildman–Crippen MR) is 176 cm³/mol. The number of ether oxygens (including phenoxy) is 1. The lowest BCUT2D eigenvalue weighted by Crippen LogP contribution is -2.42. The average molecular weight is 689 g/mol. The summed E-state index contributed by atoms with van der Waals surface area (Å²) in [5, 5.41) is 8.64. The molecule has 14 heteroatoms. The number of aromatic amines is 1. The summed E-state index contributed by atoms with van der Waals surface area (Å²) >= 11 is 2.76. The number of thioether (sulfide) groups is 1. The van der Waals surface area contributed by atoms with Crippen LogP contribution in [0.25, 0.3) is 0 Å². The summed E-state index contributed by atoms with van der Waals surface area (Å²) in [5.41, 5.74) is 1.78. The zero-order valence-corrected chi connectivity index (χ0v) is 27.0. The lowest BCUT2D eigenvalue weighted by atomic mass is 9.68. The van der Waals surface area contributed by atoms with Gasteiger partial charge in [-0.1, -0.05) is 47.7 Å². The molecule has 8 rings (SSSR count). The number of aromatic nitrogens is 1. The minimum atomic E-state index is -3.86. The van der Waals surface area contributed by atoms with Gasteiger partial charge in [0.05, 0.1) is 27.4 Å². The summed E-state index contributed by atoms with van der Waals surface area (Å²) in [6.45, 7) is -0.324. The molecule has 1 aromatic heterocycles. The van der Waals surface area contributed by atoms with E-state index >= 15 is 0 Å². The van der Waals surface area contributed by atoms with Gasteiger partial charge in [0.25, 0.3) is 5.91 Å². The summed E-state index contributed by atoms with van der Waals surface area (Å²) in [6, 6.07) is 22.0. The van der Waals surface area contributed by atoms with Crippen molar-refractivity contribution in [3.63, 3.8) is 0 Å². The molecule has 0 radical (unpaired) electrons. The number of amides is 3. The van der Waals surface area contributed by atoms with Gasteiger partial charge >= 0.3 is 4.87 Å². The first-order chi connectivity index (χ1) is 22.6. The van der Waals surface area contributed by atoms with E-state index < -0.39 is 27.8 Å². The first-order valence-electron chi connectivity index (χ1n) is 15.1. The van der Waals surface area contributed by atoms with Gasteiger partial charge in [0.1, 0.15) is 5.75 Å². The SMILES string of the molecule is NS(=O)(=O)c1ccc(NC(=O)COc2ccccc2[C@@H]2c3sc(=O)[nH]c3S[C@@H]3[C@@H]4C[C@@H]([C@@H]5C(=O)N(c6ccccc6)C(=O)[C@@H]45)[C@H]23)cc1. The van der Waals surface area contributed by atoms with Crippen LogP contribution in [0.3, 0.4) is 0 Å². The van der Waals surface area contributed by atoms with Crippen LogP contribution in [0.5, 0.6) is 5.75 Å². The molecular formula is C33H28N4O7S3. The number of rotatable bonds is 7. The number of hydrogen-bond acceptors (Lipinski definition) is 9. The number of fused-ring (bicyclic) bond motifs is 9. The van der Waals surface area contributed by atoms with Crippen LogP contribution in [-0.2, 0) is 24.4 Å². The highest BCUT2D eigenvalue weighted by Crippen LogP contribution is 2.69. The second-order valence-corrected chi connectivity index (χ2v) is 16.0. The smallest absolute Gasteiger partial charge is 0.305 e. The van der Waals surface area contributed by atoms with Gasteiger partial charge < -0.3 is 15.0 Å². The minimum Gasteiger partial charge on any atom is -0.483 e. The van der Waals surface area contributed by atoms with E-state index in [1.165, 1.54) is 29.2 Å². The number of nitrogens with two attached hydrogens (primary N) is 1. The van der Waals surface area contributed by atoms with Gasteiger partial charge in [-0.3, -0.25) is 24.1 Å². The Bertz CT molecular complexity index is 2100. The molecule has 3 fully saturated rings. The fourth-order valence-electron chi connectivity index (χ4n) is 8.13. The topological polar surface area (TPSA) is 169 Å². The maximum Gasteiger partial charge on any atom is 0.305 e. The molecule has 2 saturated carbocycles. The maximum absolute atomic E-state index is 14.0. The molecule has 7 atom stereocenters. The number of imide groups is 1. The normalized spacial score (nSPS) is 27.3. The standard InChI is InChI=1S/C33H28N4O7S3/c34-47(42,43)18-12-10-16(11-13-18)35-23(38)15-44-22-9-5-4-8-19(22)24-25-20-14-21(28(25)45-30-29(24)46-33(41)36-30)27-26(20)31(39)37(32(27)40)17-6-2-1-3-7-17/h1-13,20-21,24-28H,14-15H2,(H,35,38)(H,36,41)(H2,34,42,43)/t20-,21-,24+,25-,26+,27+,28-/m1/s1. The van der Waals surface area contributed by atoms with Crippen molar-refractivity contribution in [2.45, 2.75) is 27.5 Å². The van der Waals surface area contributed by atoms with Crippen LogP contribution in [0, 0.1) is 29.6 Å². The molecule has 11 nitrogen and oxygen atoms in total. The molecule has 4 aromatic rings. The molecule has 1 saturated heterocycles. The Morgan fingerprint density at radius 1 is 0.936 bits per heavy atom. The first kappa shape index (κ1) is 30.1. The van der Waals surface area contributed by atoms with Crippen molar-refractivity contribution in [1.82, 2.24) is 4.98 Å². The number of nitrogens with zero attached hydrogens (tertiary/aromatic N) is 1. The lowest BCUT2D eigenvalue weighted by molar-refractivity contribution is -0.123. The molecule has 3 heterocycles. The number of H-pyrrole nitrogens is 1. The van der Waals surface area contributed by atoms with Crippen LogP contribution in [0.1, 0.15) is 22.8 Å². The second kappa shape index (κ2) is 11.2. The van der Waals surface area contributed by atoms with Crippen LogP contribution < -0.4 is 25.0 Å². The van der Waals surface area contributed by atoms with Crippen LogP contribution in [0.15, 0.2) is 93.6 Å². The van der Waals surface area contributed by atoms with Crippen molar-refractivity contribution in [3.8, 4) is 5.75 Å². The van der Waals surface area contributed by atoms with Crippen LogP contribution in [0.4, 0.5) is 11.4 Å². The zero-order valence-electron chi connectivity index (χ0n) is 24.6. The summed E-state index contributed by atoms with van der Waals surface area (Å²) < 4.78 is 29.2. The minimum absolute atomic E-state index is 0.00753. The molecule has 2 aliphatic carbocycles. The molecular weight excluding hydrogens is 661 g/mol. The van der Waals surface area contributed by atoms with Crippen LogP contribution >= 0.6 is 23.1 Å². The second-order valence-electron chi connectivity index (χ2n) is 12.3. The lowest BCUT2D eigenvalue weighted by Gasteiger charge is -2.43. The van der Waals surface area contributed by atoms with Crippen LogP contribution in [0.2, 0.25) is 0 Å². The summed E-state index contributed by atoms with van der Waals surface area (Å²) in [4.78, 5) is 58.3. The third-order valence-electron chi connectivity index (χ3n) is 9.82. The molecule has 47 heavy (non-hydrogen) atoms. The number of benzene rings is 3. The van der Waals surface area contributed by atoms with Gasteiger partial charge in [-0.15, -0.1) is 11.8 Å². The molecule has 0 spiro atoms. The summed E-state index contributed by atoms with van der Waals surface area (Å²) in [5.74, 6) is -1.52. The van der Waals surface area contributed by atoms with Gasteiger partial charge in [0.2, 0.25) is 21.8 Å². The van der Waals surface area contributed by atoms with E-state index in [1.807, 2.05) is 36.4 Å². The van der Waals surface area contributed by atoms with Gasteiger partial charge in [0.15, 0.2) is 6.61 Å². The van der Waals surface area contributed by atoms with Gasteiger partial charge in [-0.05, 0) is 66.6 Å². The number of nitrogens with one attached hydrogen (secondary N) is 2. The molecule has 3 amide bonds. The Morgan fingerprint density at radius 3 is 2.34 bits per heavy atom. The Kier molecular flexibility index (Phi) is 7.17. The Labute approximate surface area is 277 Å². The highest BCUT2D eigenvalue weighted by atomic mass is 32.2. The van der Waals surface area contributed by atoms with E-state index in [4.69, 9.17) is 9.88 Å². The van der Waals surface area contributed by atoms with E-state index in [9.17, 15) is 27.6 Å². The quantitative estimate of drug-likeness (QED) is 0.247. The molecule has 4 aliphatic rings. The first-order valence-corrected chi connectivity index (χ1v) is 18.3. The fraction of sp³-hybridized carbons (Fsp3) is 0.273. The number of primary sulfonamides is 1.